The number of likely N-dealkylation sites (N-methyl/N-ethyl adjacent to an activating group) is 1. The fourth-order valence-corrected chi connectivity index (χ4v) is 2.50. The van der Waals surface area contributed by atoms with E-state index in [0.717, 1.165) is 18.0 Å². The highest BCUT2D eigenvalue weighted by Gasteiger charge is 2.24. The van der Waals surface area contributed by atoms with Crippen LogP contribution in [0.2, 0.25) is 0 Å². The highest BCUT2D eigenvalue weighted by molar-refractivity contribution is 5.21. The van der Waals surface area contributed by atoms with E-state index in [1.165, 1.54) is 25.3 Å². The molecule has 0 saturated heterocycles. The zero-order valence-corrected chi connectivity index (χ0v) is 10.4. The highest BCUT2D eigenvalue weighted by Crippen LogP contribution is 2.30. The first-order valence-electron chi connectivity index (χ1n) is 6.37. The largest absolute Gasteiger partial charge is 0.329 e. The Hall–Kier alpha value is -0.930. The molecule has 0 radical (unpaired) electrons. The van der Waals surface area contributed by atoms with Crippen molar-refractivity contribution in [3.63, 3.8) is 0 Å². The number of hydrogen-bond acceptors (Lipinski definition) is 2. The maximum atomic E-state index is 13.7. The molecule has 1 saturated carbocycles. The quantitative estimate of drug-likeness (QED) is 0.851. The Bertz CT molecular complexity index is 363. The summed E-state index contributed by atoms with van der Waals surface area (Å²) < 4.78 is 13.7. The number of hydrogen-bond donors (Lipinski definition) is 1. The van der Waals surface area contributed by atoms with Crippen molar-refractivity contribution in [3.05, 3.63) is 35.6 Å². The Morgan fingerprint density at radius 1 is 1.41 bits per heavy atom. The minimum absolute atomic E-state index is 0.00296. The number of nitrogens with zero attached hydrogens (tertiary/aromatic N) is 1. The van der Waals surface area contributed by atoms with Crippen LogP contribution in [0, 0.1) is 11.7 Å². The molecule has 17 heavy (non-hydrogen) atoms. The topological polar surface area (TPSA) is 29.3 Å². The number of nitrogens with two attached hydrogens (primary N) is 1. The van der Waals surface area contributed by atoms with E-state index in [-0.39, 0.29) is 11.9 Å². The first kappa shape index (κ1) is 12.5. The Morgan fingerprint density at radius 2 is 2.12 bits per heavy atom. The van der Waals surface area contributed by atoms with Gasteiger partial charge in [0.25, 0.3) is 0 Å². The van der Waals surface area contributed by atoms with Crippen molar-refractivity contribution >= 4 is 0 Å². The van der Waals surface area contributed by atoms with Crippen molar-refractivity contribution in [2.24, 2.45) is 11.7 Å². The van der Waals surface area contributed by atoms with Gasteiger partial charge in [-0.3, -0.25) is 4.90 Å². The fraction of sp³-hybridized carbons (Fsp3) is 0.571. The van der Waals surface area contributed by atoms with Crippen LogP contribution in [0.3, 0.4) is 0 Å². The summed E-state index contributed by atoms with van der Waals surface area (Å²) in [5.74, 6) is 0.629. The lowest BCUT2D eigenvalue weighted by molar-refractivity contribution is 0.163. The van der Waals surface area contributed by atoms with E-state index in [1.807, 2.05) is 19.2 Å². The van der Waals surface area contributed by atoms with E-state index in [2.05, 4.69) is 4.90 Å². The second kappa shape index (κ2) is 5.61. The average Bonchev–Trinajstić information content (AvgIpc) is 2.27. The molecular formula is C14H21FN2. The zero-order chi connectivity index (χ0) is 12.3. The van der Waals surface area contributed by atoms with E-state index in [4.69, 9.17) is 5.73 Å². The molecule has 1 atom stereocenters. The Balaban J connectivity index is 2.06. The van der Waals surface area contributed by atoms with Crippen molar-refractivity contribution in [2.75, 3.05) is 20.1 Å². The third-order valence-corrected chi connectivity index (χ3v) is 3.79. The lowest BCUT2D eigenvalue weighted by Crippen LogP contribution is -2.36. The molecule has 0 amide bonds. The molecule has 1 aromatic rings. The lowest BCUT2D eigenvalue weighted by Gasteiger charge is -2.34. The predicted octanol–water partition coefficient (Wildman–Crippen LogP) is 2.56. The number of halogens is 1. The van der Waals surface area contributed by atoms with Gasteiger partial charge in [0.1, 0.15) is 5.82 Å². The van der Waals surface area contributed by atoms with Gasteiger partial charge in [0, 0.05) is 24.7 Å². The normalized spacial score (nSPS) is 18.1. The first-order chi connectivity index (χ1) is 8.22. The maximum absolute atomic E-state index is 13.7. The molecule has 2 rings (SSSR count). The molecule has 3 heteroatoms. The summed E-state index contributed by atoms with van der Waals surface area (Å²) in [5.41, 5.74) is 6.52. The summed E-state index contributed by atoms with van der Waals surface area (Å²) >= 11 is 0. The summed E-state index contributed by atoms with van der Waals surface area (Å²) in [7, 11) is 2.04. The van der Waals surface area contributed by atoms with Crippen LogP contribution in [0.1, 0.15) is 30.9 Å². The van der Waals surface area contributed by atoms with Gasteiger partial charge in [-0.05, 0) is 31.9 Å². The maximum Gasteiger partial charge on any atom is 0.128 e. The van der Waals surface area contributed by atoms with Gasteiger partial charge >= 0.3 is 0 Å². The molecule has 0 bridgehead atoms. The van der Waals surface area contributed by atoms with Crippen molar-refractivity contribution in [1.82, 2.24) is 4.90 Å². The minimum atomic E-state index is -0.150. The van der Waals surface area contributed by atoms with Gasteiger partial charge in [-0.25, -0.2) is 4.39 Å². The van der Waals surface area contributed by atoms with Crippen LogP contribution in [-0.2, 0) is 0 Å². The van der Waals surface area contributed by atoms with E-state index in [0.29, 0.717) is 6.54 Å². The molecule has 2 N–H and O–H groups in total. The Morgan fingerprint density at radius 3 is 2.65 bits per heavy atom. The Labute approximate surface area is 103 Å². The summed E-state index contributed by atoms with van der Waals surface area (Å²) in [5, 5.41) is 0. The van der Waals surface area contributed by atoms with Crippen LogP contribution < -0.4 is 5.73 Å². The van der Waals surface area contributed by atoms with E-state index >= 15 is 0 Å². The van der Waals surface area contributed by atoms with Gasteiger partial charge in [-0.2, -0.15) is 0 Å². The number of rotatable bonds is 5. The van der Waals surface area contributed by atoms with Crippen LogP contribution in [-0.4, -0.2) is 25.0 Å². The molecule has 2 nitrogen and oxygen atoms in total. The van der Waals surface area contributed by atoms with Crippen LogP contribution in [0.15, 0.2) is 24.3 Å². The van der Waals surface area contributed by atoms with Crippen LogP contribution in [0.25, 0.3) is 0 Å². The van der Waals surface area contributed by atoms with Gasteiger partial charge in [-0.1, -0.05) is 24.6 Å². The van der Waals surface area contributed by atoms with Gasteiger partial charge in [0.15, 0.2) is 0 Å². The Kier molecular flexibility index (Phi) is 4.13. The second-order valence-corrected chi connectivity index (χ2v) is 5.01. The molecule has 1 aromatic carbocycles. The highest BCUT2D eigenvalue weighted by atomic mass is 19.1. The summed E-state index contributed by atoms with van der Waals surface area (Å²) in [4.78, 5) is 2.20. The third-order valence-electron chi connectivity index (χ3n) is 3.79. The smallest absolute Gasteiger partial charge is 0.128 e. The molecule has 0 aromatic heterocycles. The molecule has 0 heterocycles. The molecule has 1 unspecified atom stereocenters. The molecular weight excluding hydrogens is 215 g/mol. The number of benzene rings is 1. The van der Waals surface area contributed by atoms with Gasteiger partial charge < -0.3 is 5.73 Å². The summed E-state index contributed by atoms with van der Waals surface area (Å²) in [6.07, 6.45) is 3.95. The van der Waals surface area contributed by atoms with Gasteiger partial charge in [-0.15, -0.1) is 0 Å². The van der Waals surface area contributed by atoms with Crippen LogP contribution in [0.4, 0.5) is 4.39 Å². The fourth-order valence-electron chi connectivity index (χ4n) is 2.50. The first-order valence-corrected chi connectivity index (χ1v) is 6.37. The molecule has 0 aliphatic heterocycles. The molecule has 0 spiro atoms. The zero-order valence-electron chi connectivity index (χ0n) is 10.4. The van der Waals surface area contributed by atoms with Gasteiger partial charge in [0.05, 0.1) is 0 Å². The van der Waals surface area contributed by atoms with Crippen molar-refractivity contribution in [3.8, 4) is 0 Å². The van der Waals surface area contributed by atoms with Crippen molar-refractivity contribution in [1.29, 1.82) is 0 Å². The van der Waals surface area contributed by atoms with Crippen molar-refractivity contribution < 1.29 is 4.39 Å². The predicted molar refractivity (Wildman–Crippen MR) is 68.2 cm³/mol. The van der Waals surface area contributed by atoms with E-state index < -0.39 is 0 Å². The lowest BCUT2D eigenvalue weighted by atomic mass is 9.84. The monoisotopic (exact) mass is 236 g/mol. The molecule has 1 aliphatic carbocycles. The average molecular weight is 236 g/mol. The van der Waals surface area contributed by atoms with Crippen LogP contribution >= 0.6 is 0 Å². The van der Waals surface area contributed by atoms with Crippen molar-refractivity contribution in [2.45, 2.75) is 25.3 Å². The van der Waals surface area contributed by atoms with E-state index in [1.54, 1.807) is 6.07 Å². The van der Waals surface area contributed by atoms with Crippen LogP contribution in [0.5, 0.6) is 0 Å². The third kappa shape index (κ3) is 2.85. The standard InChI is InChI=1S/C14H21FN2/c1-17(10-11-5-4-6-11)14(9-16)12-7-2-3-8-13(12)15/h2-3,7-8,11,14H,4-6,9-10,16H2,1H3. The molecule has 1 aliphatic rings. The summed E-state index contributed by atoms with van der Waals surface area (Å²) in [6.45, 7) is 1.49. The van der Waals surface area contributed by atoms with E-state index in [9.17, 15) is 4.39 Å². The minimum Gasteiger partial charge on any atom is -0.329 e. The molecule has 94 valence electrons. The summed E-state index contributed by atoms with van der Waals surface area (Å²) in [6, 6.07) is 6.94. The SMILES string of the molecule is CN(CC1CCC1)C(CN)c1ccccc1F. The second-order valence-electron chi connectivity index (χ2n) is 5.01. The van der Waals surface area contributed by atoms with Gasteiger partial charge in [0.2, 0.25) is 0 Å². The molecule has 1 fully saturated rings.